The van der Waals surface area contributed by atoms with Crippen molar-refractivity contribution in [2.45, 2.75) is 45.6 Å². The molecule has 0 bridgehead atoms. The Labute approximate surface area is 184 Å². The van der Waals surface area contributed by atoms with E-state index in [1.807, 2.05) is 17.9 Å². The predicted octanol–water partition coefficient (Wildman–Crippen LogP) is 4.77. The lowest BCUT2D eigenvalue weighted by atomic mass is 9.96. The molecular weight excluding hydrogens is 391 g/mol. The Morgan fingerprint density at radius 1 is 1.06 bits per heavy atom. The van der Waals surface area contributed by atoms with Crippen LogP contribution in [0, 0.1) is 5.82 Å². The third kappa shape index (κ3) is 6.10. The maximum atomic E-state index is 13.5. The first kappa shape index (κ1) is 23.3. The average Bonchev–Trinajstić information content (AvgIpc) is 2.76. The second-order valence-corrected chi connectivity index (χ2v) is 8.42. The lowest BCUT2D eigenvalue weighted by Crippen LogP contribution is -2.34. The second kappa shape index (κ2) is 10.8. The molecule has 0 radical (unpaired) electrons. The summed E-state index contributed by atoms with van der Waals surface area (Å²) >= 11 is 0. The van der Waals surface area contributed by atoms with Crippen molar-refractivity contribution in [3.63, 3.8) is 0 Å². The highest BCUT2D eigenvalue weighted by molar-refractivity contribution is 5.84. The first-order valence-electron chi connectivity index (χ1n) is 11.1. The summed E-state index contributed by atoms with van der Waals surface area (Å²) in [5.74, 6) is 0.157. The average molecular weight is 425 g/mol. The van der Waals surface area contributed by atoms with E-state index in [9.17, 15) is 14.6 Å². The Morgan fingerprint density at radius 3 is 2.45 bits per heavy atom. The number of aliphatic hydroxyl groups excluding tert-OH is 2. The fourth-order valence-electron chi connectivity index (χ4n) is 3.88. The van der Waals surface area contributed by atoms with Gasteiger partial charge in [0.25, 0.3) is 0 Å². The van der Waals surface area contributed by atoms with Gasteiger partial charge in [-0.2, -0.15) is 0 Å². The molecule has 0 saturated heterocycles. The van der Waals surface area contributed by atoms with E-state index in [0.717, 1.165) is 34.3 Å². The maximum absolute atomic E-state index is 13.5. The van der Waals surface area contributed by atoms with Crippen LogP contribution in [0.25, 0.3) is 22.2 Å². The largest absolute Gasteiger partial charge is 0.395 e. The van der Waals surface area contributed by atoms with Crippen molar-refractivity contribution in [1.82, 2.24) is 9.88 Å². The van der Waals surface area contributed by atoms with Gasteiger partial charge in [-0.3, -0.25) is 4.90 Å². The van der Waals surface area contributed by atoms with Crippen LogP contribution in [0.15, 0.2) is 48.5 Å². The van der Waals surface area contributed by atoms with E-state index in [1.54, 1.807) is 12.1 Å². The van der Waals surface area contributed by atoms with Gasteiger partial charge in [0, 0.05) is 24.0 Å². The summed E-state index contributed by atoms with van der Waals surface area (Å²) in [6.45, 7) is 8.32. The van der Waals surface area contributed by atoms with Crippen molar-refractivity contribution < 1.29 is 14.6 Å². The van der Waals surface area contributed by atoms with Gasteiger partial charge in [-0.25, -0.2) is 9.37 Å². The van der Waals surface area contributed by atoms with Crippen LogP contribution < -0.4 is 0 Å². The van der Waals surface area contributed by atoms with Crippen molar-refractivity contribution in [2.24, 2.45) is 0 Å². The van der Waals surface area contributed by atoms with Gasteiger partial charge in [-0.05, 0) is 78.9 Å². The Kier molecular flexibility index (Phi) is 8.13. The van der Waals surface area contributed by atoms with E-state index in [0.29, 0.717) is 31.8 Å². The zero-order valence-corrected chi connectivity index (χ0v) is 18.7. The molecule has 1 aromatic heterocycles. The molecule has 0 saturated carbocycles. The molecule has 2 aromatic carbocycles. The molecule has 0 aliphatic rings. The summed E-state index contributed by atoms with van der Waals surface area (Å²) in [4.78, 5) is 6.95. The van der Waals surface area contributed by atoms with E-state index in [2.05, 4.69) is 32.0 Å². The van der Waals surface area contributed by atoms with Crippen LogP contribution in [0.1, 0.15) is 44.2 Å². The molecule has 31 heavy (non-hydrogen) atoms. The summed E-state index contributed by atoms with van der Waals surface area (Å²) in [6.07, 6.45) is 0.761. The van der Waals surface area contributed by atoms with Gasteiger partial charge >= 0.3 is 0 Å². The molecular formula is C26H33FN2O2. The predicted molar refractivity (Wildman–Crippen MR) is 125 cm³/mol. The molecule has 2 N–H and O–H groups in total. The minimum Gasteiger partial charge on any atom is -0.395 e. The Bertz CT molecular complexity index is 989. The summed E-state index contributed by atoms with van der Waals surface area (Å²) in [5, 5.41) is 20.8. The number of hydrogen-bond acceptors (Lipinski definition) is 4. The molecule has 0 fully saturated rings. The van der Waals surface area contributed by atoms with Gasteiger partial charge in [0.2, 0.25) is 0 Å². The Morgan fingerprint density at radius 2 is 1.81 bits per heavy atom. The lowest BCUT2D eigenvalue weighted by Gasteiger charge is -2.23. The molecule has 5 heteroatoms. The quantitative estimate of drug-likeness (QED) is 0.492. The third-order valence-electron chi connectivity index (χ3n) is 5.78. The molecule has 0 spiro atoms. The van der Waals surface area contributed by atoms with Crippen LogP contribution in [0.5, 0.6) is 0 Å². The molecule has 4 nitrogen and oxygen atoms in total. The van der Waals surface area contributed by atoms with Crippen LogP contribution in [0.3, 0.4) is 0 Å². The van der Waals surface area contributed by atoms with Crippen molar-refractivity contribution >= 4 is 10.9 Å². The highest BCUT2D eigenvalue weighted by atomic mass is 19.1. The van der Waals surface area contributed by atoms with Gasteiger partial charge < -0.3 is 10.2 Å². The van der Waals surface area contributed by atoms with Gasteiger partial charge in [0.15, 0.2) is 0 Å². The zero-order valence-electron chi connectivity index (χ0n) is 18.7. The zero-order chi connectivity index (χ0) is 22.4. The van der Waals surface area contributed by atoms with Crippen LogP contribution in [0.4, 0.5) is 4.39 Å². The van der Waals surface area contributed by atoms with Gasteiger partial charge in [-0.1, -0.05) is 26.8 Å². The number of nitrogens with zero attached hydrogens (tertiary/aromatic N) is 2. The fourth-order valence-corrected chi connectivity index (χ4v) is 3.88. The van der Waals surface area contributed by atoms with Gasteiger partial charge in [0.1, 0.15) is 5.82 Å². The second-order valence-electron chi connectivity index (χ2n) is 8.42. The van der Waals surface area contributed by atoms with Crippen LogP contribution in [0.2, 0.25) is 0 Å². The van der Waals surface area contributed by atoms with E-state index < -0.39 is 6.10 Å². The number of benzene rings is 2. The number of rotatable bonds is 10. The molecule has 0 aliphatic carbocycles. The first-order chi connectivity index (χ1) is 14.9. The number of aryl methyl sites for hydroxylation is 1. The fraction of sp³-hybridized carbons (Fsp3) is 0.423. The summed E-state index contributed by atoms with van der Waals surface area (Å²) < 4.78 is 13.5. The van der Waals surface area contributed by atoms with Gasteiger partial charge in [0.05, 0.1) is 23.9 Å². The first-order valence-corrected chi connectivity index (χ1v) is 11.1. The van der Waals surface area contributed by atoms with Crippen molar-refractivity contribution in [3.8, 4) is 11.3 Å². The number of halogens is 1. The van der Waals surface area contributed by atoms with Crippen LogP contribution in [-0.4, -0.2) is 52.4 Å². The molecule has 0 amide bonds. The number of likely N-dealkylation sites (N-methyl/N-ethyl adjacent to an activating group) is 1. The molecule has 1 heterocycles. The summed E-state index contributed by atoms with van der Waals surface area (Å²) in [7, 11) is 0. The molecule has 166 valence electrons. The van der Waals surface area contributed by atoms with Crippen molar-refractivity contribution in [2.75, 3.05) is 26.2 Å². The molecule has 3 aromatic rings. The monoisotopic (exact) mass is 424 g/mol. The summed E-state index contributed by atoms with van der Waals surface area (Å²) in [5.41, 5.74) is 4.92. The van der Waals surface area contributed by atoms with E-state index in [4.69, 9.17) is 4.98 Å². The molecule has 3 rings (SSSR count). The Hall–Kier alpha value is -2.34. The lowest BCUT2D eigenvalue weighted by molar-refractivity contribution is 0.0969. The number of hydrogen-bond donors (Lipinski definition) is 2. The molecule has 0 unspecified atom stereocenters. The Balaban J connectivity index is 1.92. The number of aromatic nitrogens is 1. The molecule has 1 atom stereocenters. The van der Waals surface area contributed by atoms with Crippen LogP contribution >= 0.6 is 0 Å². The highest BCUT2D eigenvalue weighted by Crippen LogP contribution is 2.29. The normalized spacial score (nSPS) is 12.8. The van der Waals surface area contributed by atoms with Crippen LogP contribution in [-0.2, 0) is 6.42 Å². The minimum absolute atomic E-state index is 0.0854. The van der Waals surface area contributed by atoms with E-state index >= 15 is 0 Å². The smallest absolute Gasteiger partial charge is 0.123 e. The number of aliphatic hydroxyl groups is 2. The van der Waals surface area contributed by atoms with Crippen molar-refractivity contribution in [3.05, 3.63) is 65.5 Å². The summed E-state index contributed by atoms with van der Waals surface area (Å²) in [6, 6.07) is 14.9. The van der Waals surface area contributed by atoms with E-state index in [1.165, 1.54) is 17.7 Å². The SMILES string of the molecule is CCN(CCO)C[C@H](O)CCc1cc2cc(C(C)C)ccc2nc1-c1ccc(F)cc1. The molecule has 0 aliphatic heterocycles. The van der Waals surface area contributed by atoms with Gasteiger partial charge in [-0.15, -0.1) is 0 Å². The number of fused-ring (bicyclic) bond motifs is 1. The van der Waals surface area contributed by atoms with E-state index in [-0.39, 0.29) is 12.4 Å². The number of pyridine rings is 1. The topological polar surface area (TPSA) is 56.6 Å². The highest BCUT2D eigenvalue weighted by Gasteiger charge is 2.15. The van der Waals surface area contributed by atoms with Crippen molar-refractivity contribution in [1.29, 1.82) is 0 Å². The third-order valence-corrected chi connectivity index (χ3v) is 5.78. The minimum atomic E-state index is -0.495. The maximum Gasteiger partial charge on any atom is 0.123 e. The standard InChI is InChI=1S/C26H33FN2O2/c1-4-29(13-14-30)17-24(31)11-7-21-16-22-15-20(18(2)3)8-12-25(22)28-26(21)19-5-9-23(27)10-6-19/h5-6,8-10,12,15-16,18,24,30-31H,4,7,11,13-14,17H2,1-3H3/t24-/m1/s1.